The number of carbonyl (C=O) groups is 4. The van der Waals surface area contributed by atoms with Gasteiger partial charge in [-0.2, -0.15) is 0 Å². The van der Waals surface area contributed by atoms with Crippen molar-refractivity contribution in [3.05, 3.63) is 23.3 Å². The molecule has 0 radical (unpaired) electrons. The van der Waals surface area contributed by atoms with Crippen molar-refractivity contribution in [3.63, 3.8) is 0 Å². The van der Waals surface area contributed by atoms with E-state index in [2.05, 4.69) is 40.7 Å². The molecule has 10 atom stereocenters. The van der Waals surface area contributed by atoms with Gasteiger partial charge in [-0.25, -0.2) is 4.79 Å². The molecule has 1 heterocycles. The topological polar surface area (TPSA) is 125 Å². The van der Waals surface area contributed by atoms with E-state index in [1.807, 2.05) is 0 Å². The minimum absolute atomic E-state index is 0.0292. The molecule has 0 aromatic rings. The van der Waals surface area contributed by atoms with Crippen molar-refractivity contribution in [2.75, 3.05) is 0 Å². The lowest BCUT2D eigenvalue weighted by Gasteiger charge is -2.69. The van der Waals surface area contributed by atoms with Gasteiger partial charge in [-0.3, -0.25) is 14.4 Å². The van der Waals surface area contributed by atoms with Crippen LogP contribution in [0.1, 0.15) is 87.5 Å². The predicted octanol–water partition coefficient (Wildman–Crippen LogP) is 4.41. The summed E-state index contributed by atoms with van der Waals surface area (Å²) in [5.74, 6) is -1.91. The fourth-order valence-electron chi connectivity index (χ4n) is 10.2. The first-order valence-corrected chi connectivity index (χ1v) is 14.8. The van der Waals surface area contributed by atoms with Gasteiger partial charge in [0.25, 0.3) is 0 Å². The van der Waals surface area contributed by atoms with E-state index in [1.54, 1.807) is 0 Å². The maximum atomic E-state index is 12.6. The van der Waals surface area contributed by atoms with Crippen molar-refractivity contribution in [1.82, 2.24) is 0 Å². The Kier molecular flexibility index (Phi) is 7.03. The summed E-state index contributed by atoms with van der Waals surface area (Å²) in [6, 6.07) is 0. The molecule has 226 valence electrons. The Bertz CT molecular complexity index is 1230. The average molecular weight is 573 g/mol. The van der Waals surface area contributed by atoms with E-state index < -0.39 is 52.2 Å². The number of carbonyl (C=O) groups excluding carboxylic acids is 4. The van der Waals surface area contributed by atoms with Gasteiger partial charge in [0.2, 0.25) is 6.29 Å². The molecule has 5 aliphatic rings. The third-order valence-corrected chi connectivity index (χ3v) is 11.8. The van der Waals surface area contributed by atoms with E-state index in [0.717, 1.165) is 18.4 Å². The Balaban J connectivity index is 1.64. The smallest absolute Gasteiger partial charge is 0.333 e. The summed E-state index contributed by atoms with van der Waals surface area (Å²) >= 11 is 0. The normalized spacial score (nSPS) is 44.3. The summed E-state index contributed by atoms with van der Waals surface area (Å²) in [5, 5.41) is 10.6. The van der Waals surface area contributed by atoms with E-state index in [4.69, 9.17) is 18.9 Å². The molecular formula is C32H44O9. The molecule has 0 amide bonds. The Morgan fingerprint density at radius 3 is 2.02 bits per heavy atom. The molecule has 3 fully saturated rings. The van der Waals surface area contributed by atoms with Gasteiger partial charge < -0.3 is 24.1 Å². The first-order chi connectivity index (χ1) is 19.0. The second-order valence-corrected chi connectivity index (χ2v) is 14.1. The molecule has 9 nitrogen and oxygen atoms in total. The molecule has 0 bridgehead atoms. The van der Waals surface area contributed by atoms with Crippen molar-refractivity contribution >= 4 is 23.9 Å². The summed E-state index contributed by atoms with van der Waals surface area (Å²) in [7, 11) is 0. The van der Waals surface area contributed by atoms with Gasteiger partial charge in [0.15, 0.2) is 0 Å². The number of cyclic esters (lactones) is 1. The third kappa shape index (κ3) is 4.28. The van der Waals surface area contributed by atoms with E-state index >= 15 is 0 Å². The lowest BCUT2D eigenvalue weighted by molar-refractivity contribution is -0.262. The summed E-state index contributed by atoms with van der Waals surface area (Å²) in [5.41, 5.74) is -0.240. The quantitative estimate of drug-likeness (QED) is 0.296. The minimum atomic E-state index is -1.26. The molecule has 9 heteroatoms. The van der Waals surface area contributed by atoms with Crippen LogP contribution < -0.4 is 0 Å². The molecule has 3 saturated carbocycles. The van der Waals surface area contributed by atoms with Gasteiger partial charge in [0.1, 0.15) is 18.3 Å². The fourth-order valence-corrected chi connectivity index (χ4v) is 10.2. The van der Waals surface area contributed by atoms with Crippen LogP contribution in [-0.4, -0.2) is 53.6 Å². The highest BCUT2D eigenvalue weighted by atomic mass is 16.6. The van der Waals surface area contributed by atoms with Crippen LogP contribution in [0.15, 0.2) is 23.3 Å². The highest BCUT2D eigenvalue weighted by Crippen LogP contribution is 2.74. The molecule has 0 aromatic heterocycles. The van der Waals surface area contributed by atoms with E-state index in [-0.39, 0.29) is 35.7 Å². The van der Waals surface area contributed by atoms with Crippen molar-refractivity contribution in [1.29, 1.82) is 0 Å². The molecule has 5 rings (SSSR count). The molecule has 41 heavy (non-hydrogen) atoms. The largest absolute Gasteiger partial charge is 0.462 e. The summed E-state index contributed by atoms with van der Waals surface area (Å²) < 4.78 is 23.2. The van der Waals surface area contributed by atoms with E-state index in [0.29, 0.717) is 24.8 Å². The van der Waals surface area contributed by atoms with Crippen molar-refractivity contribution in [2.45, 2.75) is 112 Å². The highest BCUT2D eigenvalue weighted by Gasteiger charge is 2.72. The van der Waals surface area contributed by atoms with Crippen LogP contribution >= 0.6 is 0 Å². The van der Waals surface area contributed by atoms with Gasteiger partial charge in [0.05, 0.1) is 0 Å². The van der Waals surface area contributed by atoms with Gasteiger partial charge in [0, 0.05) is 55.1 Å². The van der Waals surface area contributed by atoms with Gasteiger partial charge in [-0.15, -0.1) is 0 Å². The second-order valence-electron chi connectivity index (χ2n) is 14.1. The van der Waals surface area contributed by atoms with Crippen LogP contribution in [0.4, 0.5) is 0 Å². The summed E-state index contributed by atoms with van der Waals surface area (Å²) in [6.45, 7) is 15.0. The summed E-state index contributed by atoms with van der Waals surface area (Å²) in [4.78, 5) is 49.2. The van der Waals surface area contributed by atoms with Crippen molar-refractivity contribution in [3.8, 4) is 0 Å². The van der Waals surface area contributed by atoms with Crippen LogP contribution in [-0.2, 0) is 38.1 Å². The fraction of sp³-hybridized carbons (Fsp3) is 0.750. The predicted molar refractivity (Wildman–Crippen MR) is 147 cm³/mol. The summed E-state index contributed by atoms with van der Waals surface area (Å²) in [6.07, 6.45) is 4.00. The second kappa shape index (κ2) is 9.68. The highest BCUT2D eigenvalue weighted by molar-refractivity contribution is 5.85. The molecule has 0 aromatic carbocycles. The maximum Gasteiger partial charge on any atom is 0.333 e. The van der Waals surface area contributed by atoms with Gasteiger partial charge in [-0.05, 0) is 48.9 Å². The van der Waals surface area contributed by atoms with E-state index in [1.165, 1.54) is 26.8 Å². The minimum Gasteiger partial charge on any atom is -0.462 e. The zero-order valence-corrected chi connectivity index (χ0v) is 25.4. The van der Waals surface area contributed by atoms with Crippen LogP contribution in [0.5, 0.6) is 0 Å². The number of fused-ring (bicyclic) bond motifs is 5. The third-order valence-electron chi connectivity index (χ3n) is 11.8. The molecular weight excluding hydrogens is 528 g/mol. The first kappa shape index (κ1) is 29.8. The number of aliphatic hydroxyl groups is 1. The Hall–Kier alpha value is -2.68. The van der Waals surface area contributed by atoms with Crippen molar-refractivity contribution in [2.24, 2.45) is 39.4 Å². The number of esters is 4. The number of aliphatic hydroxyl groups excluding tert-OH is 1. The van der Waals surface area contributed by atoms with Crippen LogP contribution in [0, 0.1) is 39.4 Å². The van der Waals surface area contributed by atoms with Crippen molar-refractivity contribution < 1.29 is 43.2 Å². The monoisotopic (exact) mass is 572 g/mol. The Morgan fingerprint density at radius 1 is 0.878 bits per heavy atom. The zero-order chi connectivity index (χ0) is 30.3. The number of hydrogen-bond donors (Lipinski definition) is 1. The molecule has 10 unspecified atom stereocenters. The first-order valence-electron chi connectivity index (χ1n) is 14.8. The molecule has 4 aliphatic carbocycles. The number of rotatable bonds is 4. The molecule has 1 aliphatic heterocycles. The molecule has 1 N–H and O–H groups in total. The Morgan fingerprint density at radius 2 is 1.46 bits per heavy atom. The average Bonchev–Trinajstić information content (AvgIpc) is 3.36. The van der Waals surface area contributed by atoms with Gasteiger partial charge >= 0.3 is 23.9 Å². The number of allylic oxidation sites excluding steroid dienone is 1. The van der Waals surface area contributed by atoms with Crippen LogP contribution in [0.3, 0.4) is 0 Å². The number of hydrogen-bond acceptors (Lipinski definition) is 9. The molecule has 0 saturated heterocycles. The number of ether oxygens (including phenoxy) is 4. The SMILES string of the molecule is CC(=O)OC1CC(OC(C)=O)C2(C)C(CC(OC(C)=O)C3(C)C4=CCC(C5=CC(=O)OC5O)C4(C)CCC32)C1(C)C. The zero-order valence-electron chi connectivity index (χ0n) is 25.4. The van der Waals surface area contributed by atoms with Crippen LogP contribution in [0.2, 0.25) is 0 Å². The molecule has 0 spiro atoms. The van der Waals surface area contributed by atoms with Gasteiger partial charge in [-0.1, -0.05) is 46.3 Å². The van der Waals surface area contributed by atoms with Crippen LogP contribution in [0.25, 0.3) is 0 Å². The standard InChI is InChI=1S/C32H44O9/c1-16(33)38-24-15-26(40-18(3)35)32(8)22-11-12-30(6)20(19-13-27(36)41-28(19)37)9-10-21(30)31(22,7)25(39-17(2)34)14-23(32)29(24,4)5/h10,13,20,22-26,28,37H,9,11-12,14-15H2,1-8H3. The lowest BCUT2D eigenvalue weighted by atomic mass is 9.36. The maximum absolute atomic E-state index is 12.6. The Labute approximate surface area is 242 Å². The van der Waals surface area contributed by atoms with E-state index in [9.17, 15) is 24.3 Å². The lowest BCUT2D eigenvalue weighted by Crippen LogP contribution is -2.70.